The lowest BCUT2D eigenvalue weighted by atomic mass is 10.1. The van der Waals surface area contributed by atoms with Crippen LogP contribution in [0.25, 0.3) is 0 Å². The van der Waals surface area contributed by atoms with Crippen LogP contribution in [0, 0.1) is 21.4 Å². The molecule has 0 aliphatic carbocycles. The van der Waals surface area contributed by atoms with Crippen LogP contribution in [0.3, 0.4) is 0 Å². The Morgan fingerprint density at radius 3 is 2.89 bits per heavy atom. The molecule has 6 heteroatoms. The average molecular weight is 265 g/mol. The summed E-state index contributed by atoms with van der Waals surface area (Å²) in [5.74, 6) is 1.03. The minimum Gasteiger partial charge on any atom is -0.381 e. The Labute approximate surface area is 110 Å². The molecule has 1 N–H and O–H groups in total. The Balaban J connectivity index is 2.83. The molecule has 0 heterocycles. The summed E-state index contributed by atoms with van der Waals surface area (Å²) in [6, 6.07) is 6.50. The van der Waals surface area contributed by atoms with E-state index in [2.05, 4.69) is 5.32 Å². The van der Waals surface area contributed by atoms with E-state index in [1.165, 1.54) is 12.1 Å². The standard InChI is InChI=1S/C12H15N3O2S/c1-9(5-6-18-2)14-12-4-3-11(15(16)17)7-10(12)8-13/h3-4,7,9,14H,5-6H2,1-2H3. The number of thioether (sulfide) groups is 1. The number of anilines is 1. The highest BCUT2D eigenvalue weighted by Crippen LogP contribution is 2.22. The highest BCUT2D eigenvalue weighted by molar-refractivity contribution is 7.98. The van der Waals surface area contributed by atoms with Gasteiger partial charge in [0.1, 0.15) is 6.07 Å². The van der Waals surface area contributed by atoms with Crippen molar-refractivity contribution in [3.8, 4) is 6.07 Å². The van der Waals surface area contributed by atoms with Crippen LogP contribution in [0.4, 0.5) is 11.4 Å². The number of non-ortho nitro benzene ring substituents is 1. The zero-order chi connectivity index (χ0) is 13.5. The third-order valence-electron chi connectivity index (χ3n) is 2.49. The molecule has 0 aliphatic heterocycles. The lowest BCUT2D eigenvalue weighted by Crippen LogP contribution is -2.16. The molecule has 96 valence electrons. The third kappa shape index (κ3) is 3.93. The first-order chi connectivity index (χ1) is 8.58. The first kappa shape index (κ1) is 14.3. The summed E-state index contributed by atoms with van der Waals surface area (Å²) >= 11 is 1.76. The monoisotopic (exact) mass is 265 g/mol. The van der Waals surface area contributed by atoms with Gasteiger partial charge in [-0.05, 0) is 31.4 Å². The van der Waals surface area contributed by atoms with E-state index < -0.39 is 4.92 Å². The third-order valence-corrected chi connectivity index (χ3v) is 3.14. The number of nitro benzene ring substituents is 1. The molecule has 1 aromatic carbocycles. The molecule has 0 saturated heterocycles. The first-order valence-corrected chi connectivity index (χ1v) is 6.92. The molecule has 0 saturated carbocycles. The molecule has 0 bridgehead atoms. The van der Waals surface area contributed by atoms with Crippen molar-refractivity contribution >= 4 is 23.1 Å². The predicted molar refractivity (Wildman–Crippen MR) is 73.9 cm³/mol. The summed E-state index contributed by atoms with van der Waals surface area (Å²) in [7, 11) is 0. The number of nitro groups is 1. The minimum absolute atomic E-state index is 0.0612. The summed E-state index contributed by atoms with van der Waals surface area (Å²) in [6.07, 6.45) is 3.02. The van der Waals surface area contributed by atoms with Crippen LogP contribution in [0.2, 0.25) is 0 Å². The molecular formula is C12H15N3O2S. The van der Waals surface area contributed by atoms with Gasteiger partial charge < -0.3 is 5.32 Å². The molecule has 1 aromatic rings. The van der Waals surface area contributed by atoms with Gasteiger partial charge in [0.05, 0.1) is 16.2 Å². The Hall–Kier alpha value is -1.74. The van der Waals surface area contributed by atoms with Gasteiger partial charge in [0.15, 0.2) is 0 Å². The van der Waals surface area contributed by atoms with Crippen LogP contribution >= 0.6 is 11.8 Å². The molecule has 1 unspecified atom stereocenters. The normalized spacial score (nSPS) is 11.6. The van der Waals surface area contributed by atoms with E-state index in [-0.39, 0.29) is 11.7 Å². The van der Waals surface area contributed by atoms with Crippen LogP contribution in [-0.2, 0) is 0 Å². The second kappa shape index (κ2) is 6.87. The molecule has 0 spiro atoms. The number of rotatable bonds is 6. The number of nitriles is 1. The van der Waals surface area contributed by atoms with Crippen LogP contribution in [0.1, 0.15) is 18.9 Å². The van der Waals surface area contributed by atoms with Crippen LogP contribution in [0.5, 0.6) is 0 Å². The Bertz CT molecular complexity index is 471. The summed E-state index contributed by atoms with van der Waals surface area (Å²) in [5.41, 5.74) is 0.894. The Kier molecular flexibility index (Phi) is 5.46. The van der Waals surface area contributed by atoms with Crippen LogP contribution < -0.4 is 5.32 Å². The van der Waals surface area contributed by atoms with Crippen LogP contribution in [-0.4, -0.2) is 23.0 Å². The van der Waals surface area contributed by atoms with Gasteiger partial charge in [-0.25, -0.2) is 0 Å². The number of nitrogens with zero attached hydrogens (tertiary/aromatic N) is 2. The van der Waals surface area contributed by atoms with Gasteiger partial charge in [-0.1, -0.05) is 0 Å². The topological polar surface area (TPSA) is 79.0 Å². The van der Waals surface area contributed by atoms with Gasteiger partial charge in [-0.15, -0.1) is 0 Å². The van der Waals surface area contributed by atoms with Crippen molar-refractivity contribution < 1.29 is 4.92 Å². The fourth-order valence-corrected chi connectivity index (χ4v) is 2.09. The number of nitrogens with one attached hydrogen (secondary N) is 1. The van der Waals surface area contributed by atoms with Crippen molar-refractivity contribution in [1.82, 2.24) is 0 Å². The molecule has 0 aromatic heterocycles. The predicted octanol–water partition coefficient (Wildman–Crippen LogP) is 3.02. The maximum absolute atomic E-state index is 10.6. The zero-order valence-corrected chi connectivity index (χ0v) is 11.2. The average Bonchev–Trinajstić information content (AvgIpc) is 2.36. The highest BCUT2D eigenvalue weighted by Gasteiger charge is 2.12. The smallest absolute Gasteiger partial charge is 0.270 e. The number of hydrogen-bond donors (Lipinski definition) is 1. The van der Waals surface area contributed by atoms with E-state index in [4.69, 9.17) is 5.26 Å². The summed E-state index contributed by atoms with van der Waals surface area (Å²) < 4.78 is 0. The lowest BCUT2D eigenvalue weighted by molar-refractivity contribution is -0.384. The number of hydrogen-bond acceptors (Lipinski definition) is 5. The van der Waals surface area contributed by atoms with Gasteiger partial charge in [-0.3, -0.25) is 10.1 Å². The molecule has 1 atom stereocenters. The van der Waals surface area contributed by atoms with Gasteiger partial charge >= 0.3 is 0 Å². The molecule has 18 heavy (non-hydrogen) atoms. The summed E-state index contributed by atoms with van der Waals surface area (Å²) in [4.78, 5) is 10.1. The van der Waals surface area contributed by atoms with Crippen LogP contribution in [0.15, 0.2) is 18.2 Å². The second-order valence-corrected chi connectivity index (χ2v) is 4.91. The van der Waals surface area contributed by atoms with Crippen molar-refractivity contribution in [2.75, 3.05) is 17.3 Å². The zero-order valence-electron chi connectivity index (χ0n) is 10.3. The number of benzene rings is 1. The molecule has 0 fully saturated rings. The fourth-order valence-electron chi connectivity index (χ4n) is 1.50. The quantitative estimate of drug-likeness (QED) is 0.631. The van der Waals surface area contributed by atoms with Crippen molar-refractivity contribution in [2.24, 2.45) is 0 Å². The van der Waals surface area contributed by atoms with Gasteiger partial charge in [0, 0.05) is 18.2 Å². The lowest BCUT2D eigenvalue weighted by Gasteiger charge is -2.15. The van der Waals surface area contributed by atoms with Crippen molar-refractivity contribution in [3.63, 3.8) is 0 Å². The van der Waals surface area contributed by atoms with Crippen molar-refractivity contribution in [3.05, 3.63) is 33.9 Å². The SMILES string of the molecule is CSCCC(C)Nc1ccc([N+](=O)[O-])cc1C#N. The van der Waals surface area contributed by atoms with E-state index in [0.717, 1.165) is 12.2 Å². The van der Waals surface area contributed by atoms with Crippen molar-refractivity contribution in [2.45, 2.75) is 19.4 Å². The molecule has 0 amide bonds. The van der Waals surface area contributed by atoms with Gasteiger partial charge in [-0.2, -0.15) is 17.0 Å². The van der Waals surface area contributed by atoms with E-state index in [1.54, 1.807) is 17.8 Å². The van der Waals surface area contributed by atoms with E-state index in [1.807, 2.05) is 19.2 Å². The minimum atomic E-state index is -0.498. The highest BCUT2D eigenvalue weighted by atomic mass is 32.2. The molecule has 0 radical (unpaired) electrons. The summed E-state index contributed by atoms with van der Waals surface area (Å²) in [5, 5.41) is 22.8. The Morgan fingerprint density at radius 2 is 2.33 bits per heavy atom. The first-order valence-electron chi connectivity index (χ1n) is 5.52. The van der Waals surface area contributed by atoms with E-state index >= 15 is 0 Å². The Morgan fingerprint density at radius 1 is 1.61 bits per heavy atom. The van der Waals surface area contributed by atoms with Crippen molar-refractivity contribution in [1.29, 1.82) is 5.26 Å². The van der Waals surface area contributed by atoms with Gasteiger partial charge in [0.25, 0.3) is 5.69 Å². The molecule has 1 rings (SSSR count). The maximum atomic E-state index is 10.6. The van der Waals surface area contributed by atoms with Gasteiger partial charge in [0.2, 0.25) is 0 Å². The largest absolute Gasteiger partial charge is 0.381 e. The summed E-state index contributed by atoms with van der Waals surface area (Å²) in [6.45, 7) is 2.03. The maximum Gasteiger partial charge on any atom is 0.270 e. The van der Waals surface area contributed by atoms with E-state index in [0.29, 0.717) is 11.3 Å². The molecule has 0 aliphatic rings. The fraction of sp³-hybridized carbons (Fsp3) is 0.417. The van der Waals surface area contributed by atoms with E-state index in [9.17, 15) is 10.1 Å². The second-order valence-electron chi connectivity index (χ2n) is 3.93. The molecule has 5 nitrogen and oxygen atoms in total. The molecular weight excluding hydrogens is 250 g/mol.